The van der Waals surface area contributed by atoms with E-state index in [-0.39, 0.29) is 6.04 Å². The molecule has 96 valence electrons. The first-order valence-corrected chi connectivity index (χ1v) is 6.02. The van der Waals surface area contributed by atoms with Crippen LogP contribution in [0.5, 0.6) is 0 Å². The van der Waals surface area contributed by atoms with Gasteiger partial charge < -0.3 is 0 Å². The second kappa shape index (κ2) is 6.67. The van der Waals surface area contributed by atoms with Gasteiger partial charge in [0.25, 0.3) is 0 Å². The molecule has 4 heteroatoms. The van der Waals surface area contributed by atoms with Crippen molar-refractivity contribution in [2.45, 2.75) is 39.2 Å². The van der Waals surface area contributed by atoms with E-state index >= 15 is 0 Å². The van der Waals surface area contributed by atoms with E-state index in [0.717, 1.165) is 24.5 Å². The summed E-state index contributed by atoms with van der Waals surface area (Å²) in [6.07, 6.45) is 2.63. The minimum atomic E-state index is -0.812. The number of nitrogens with one attached hydrogen (secondary N) is 1. The average Bonchev–Trinajstić information content (AvgIpc) is 2.33. The number of nitrogens with two attached hydrogens (primary N) is 1. The van der Waals surface area contributed by atoms with Crippen LogP contribution in [0, 0.1) is 17.6 Å². The van der Waals surface area contributed by atoms with Crippen molar-refractivity contribution in [1.82, 2.24) is 5.43 Å². The number of hydrazine groups is 1. The second-order valence-electron chi connectivity index (χ2n) is 4.30. The van der Waals surface area contributed by atoms with Gasteiger partial charge in [-0.1, -0.05) is 32.8 Å². The van der Waals surface area contributed by atoms with Gasteiger partial charge in [0.2, 0.25) is 0 Å². The molecule has 3 N–H and O–H groups in total. The van der Waals surface area contributed by atoms with Gasteiger partial charge in [-0.15, -0.1) is 0 Å². The van der Waals surface area contributed by atoms with Crippen LogP contribution >= 0.6 is 0 Å². The van der Waals surface area contributed by atoms with Crippen molar-refractivity contribution in [3.8, 4) is 0 Å². The predicted octanol–water partition coefficient (Wildman–Crippen LogP) is 2.78. The van der Waals surface area contributed by atoms with Crippen molar-refractivity contribution < 1.29 is 8.78 Å². The lowest BCUT2D eigenvalue weighted by Crippen LogP contribution is -2.42. The van der Waals surface area contributed by atoms with Crippen LogP contribution in [0.25, 0.3) is 0 Å². The Morgan fingerprint density at radius 2 is 1.82 bits per heavy atom. The molecular formula is C13H20F2N2. The smallest absolute Gasteiger partial charge is 0.159 e. The van der Waals surface area contributed by atoms with Crippen molar-refractivity contribution in [1.29, 1.82) is 0 Å². The van der Waals surface area contributed by atoms with Crippen LogP contribution in [-0.4, -0.2) is 6.04 Å². The van der Waals surface area contributed by atoms with Gasteiger partial charge in [0.05, 0.1) is 0 Å². The Bertz CT molecular complexity index is 351. The van der Waals surface area contributed by atoms with E-state index < -0.39 is 11.6 Å². The SMILES string of the molecule is CCC(CC)C(Cc1ccc(F)c(F)c1)NN. The van der Waals surface area contributed by atoms with E-state index in [2.05, 4.69) is 19.3 Å². The minimum absolute atomic E-state index is 0.0925. The van der Waals surface area contributed by atoms with E-state index in [1.165, 1.54) is 6.07 Å². The number of halogens is 2. The van der Waals surface area contributed by atoms with Crippen molar-refractivity contribution in [3.05, 3.63) is 35.4 Å². The van der Waals surface area contributed by atoms with Gasteiger partial charge in [-0.2, -0.15) is 0 Å². The Hall–Kier alpha value is -1.00. The Balaban J connectivity index is 2.76. The molecular weight excluding hydrogens is 222 g/mol. The van der Waals surface area contributed by atoms with Crippen LogP contribution in [0.4, 0.5) is 8.78 Å². The summed E-state index contributed by atoms with van der Waals surface area (Å²) in [4.78, 5) is 0. The lowest BCUT2D eigenvalue weighted by atomic mass is 9.90. The van der Waals surface area contributed by atoms with E-state index in [9.17, 15) is 8.78 Å². The molecule has 0 aromatic heterocycles. The molecule has 0 aliphatic carbocycles. The van der Waals surface area contributed by atoms with Crippen LogP contribution in [0.15, 0.2) is 18.2 Å². The maximum atomic E-state index is 13.1. The third-order valence-corrected chi connectivity index (χ3v) is 3.27. The van der Waals surface area contributed by atoms with E-state index in [0.29, 0.717) is 12.3 Å². The molecule has 0 aliphatic heterocycles. The first kappa shape index (κ1) is 14.1. The van der Waals surface area contributed by atoms with Gasteiger partial charge in [-0.25, -0.2) is 8.78 Å². The molecule has 0 saturated heterocycles. The fraction of sp³-hybridized carbons (Fsp3) is 0.538. The molecule has 1 atom stereocenters. The number of benzene rings is 1. The van der Waals surface area contributed by atoms with E-state index in [4.69, 9.17) is 5.84 Å². The van der Waals surface area contributed by atoms with Crippen LogP contribution < -0.4 is 11.3 Å². The van der Waals surface area contributed by atoms with Crippen LogP contribution in [-0.2, 0) is 6.42 Å². The van der Waals surface area contributed by atoms with Crippen LogP contribution in [0.1, 0.15) is 32.3 Å². The Morgan fingerprint density at radius 1 is 1.18 bits per heavy atom. The summed E-state index contributed by atoms with van der Waals surface area (Å²) in [7, 11) is 0. The Labute approximate surface area is 101 Å². The first-order chi connectivity index (χ1) is 8.12. The molecule has 0 spiro atoms. The van der Waals surface area contributed by atoms with Crippen LogP contribution in [0.3, 0.4) is 0 Å². The summed E-state index contributed by atoms with van der Waals surface area (Å²) in [5.74, 6) is 4.35. The zero-order valence-electron chi connectivity index (χ0n) is 10.3. The lowest BCUT2D eigenvalue weighted by Gasteiger charge is -2.24. The van der Waals surface area contributed by atoms with Crippen LogP contribution in [0.2, 0.25) is 0 Å². The van der Waals surface area contributed by atoms with Crippen molar-refractivity contribution in [2.24, 2.45) is 11.8 Å². The predicted molar refractivity (Wildman–Crippen MR) is 65.2 cm³/mol. The second-order valence-corrected chi connectivity index (χ2v) is 4.30. The first-order valence-electron chi connectivity index (χ1n) is 6.02. The van der Waals surface area contributed by atoms with E-state index in [1.807, 2.05) is 0 Å². The summed E-state index contributed by atoms with van der Waals surface area (Å²) in [6, 6.07) is 4.09. The molecule has 0 amide bonds. The highest BCUT2D eigenvalue weighted by Gasteiger charge is 2.18. The average molecular weight is 242 g/mol. The van der Waals surface area contributed by atoms with Gasteiger partial charge in [-0.05, 0) is 30.0 Å². The Morgan fingerprint density at radius 3 is 2.29 bits per heavy atom. The molecule has 1 rings (SSSR count). The third kappa shape index (κ3) is 3.75. The number of rotatable bonds is 6. The molecule has 0 saturated carbocycles. The fourth-order valence-electron chi connectivity index (χ4n) is 2.14. The van der Waals surface area contributed by atoms with Gasteiger partial charge in [0.1, 0.15) is 0 Å². The minimum Gasteiger partial charge on any atom is -0.271 e. The highest BCUT2D eigenvalue weighted by molar-refractivity contribution is 5.19. The fourth-order valence-corrected chi connectivity index (χ4v) is 2.14. The molecule has 2 nitrogen and oxygen atoms in total. The molecule has 1 unspecified atom stereocenters. The normalized spacial score (nSPS) is 13.1. The molecule has 0 radical (unpaired) electrons. The molecule has 1 aromatic carbocycles. The quantitative estimate of drug-likeness (QED) is 0.594. The zero-order chi connectivity index (χ0) is 12.8. The third-order valence-electron chi connectivity index (χ3n) is 3.27. The Kier molecular flexibility index (Phi) is 5.51. The zero-order valence-corrected chi connectivity index (χ0v) is 10.3. The molecule has 0 fully saturated rings. The standard InChI is InChI=1S/C13H20F2N2/c1-3-10(4-2)13(17-16)8-9-5-6-11(14)12(15)7-9/h5-7,10,13,17H,3-4,8,16H2,1-2H3. The van der Waals surface area contributed by atoms with Gasteiger partial charge in [-0.3, -0.25) is 11.3 Å². The lowest BCUT2D eigenvalue weighted by molar-refractivity contribution is 0.335. The maximum Gasteiger partial charge on any atom is 0.159 e. The topological polar surface area (TPSA) is 38.0 Å². The van der Waals surface area contributed by atoms with E-state index in [1.54, 1.807) is 6.07 Å². The molecule has 0 bridgehead atoms. The summed E-state index contributed by atoms with van der Waals surface area (Å²) < 4.78 is 25.9. The summed E-state index contributed by atoms with van der Waals surface area (Å²) >= 11 is 0. The molecule has 17 heavy (non-hydrogen) atoms. The molecule has 0 aliphatic rings. The number of hydrogen-bond donors (Lipinski definition) is 2. The highest BCUT2D eigenvalue weighted by atomic mass is 19.2. The van der Waals surface area contributed by atoms with Gasteiger partial charge in [0, 0.05) is 6.04 Å². The number of hydrogen-bond acceptors (Lipinski definition) is 2. The molecule has 0 heterocycles. The maximum absolute atomic E-state index is 13.1. The van der Waals surface area contributed by atoms with Crippen molar-refractivity contribution in [3.63, 3.8) is 0 Å². The largest absolute Gasteiger partial charge is 0.271 e. The van der Waals surface area contributed by atoms with Crippen molar-refractivity contribution in [2.75, 3.05) is 0 Å². The summed E-state index contributed by atoms with van der Waals surface area (Å²) in [5, 5.41) is 0. The highest BCUT2D eigenvalue weighted by Crippen LogP contribution is 2.18. The molecule has 1 aromatic rings. The van der Waals surface area contributed by atoms with Gasteiger partial charge in [0.15, 0.2) is 11.6 Å². The summed E-state index contributed by atoms with van der Waals surface area (Å²) in [5.41, 5.74) is 3.53. The monoisotopic (exact) mass is 242 g/mol. The van der Waals surface area contributed by atoms with Gasteiger partial charge >= 0.3 is 0 Å². The van der Waals surface area contributed by atoms with Crippen molar-refractivity contribution >= 4 is 0 Å². The summed E-state index contributed by atoms with van der Waals surface area (Å²) in [6.45, 7) is 4.20.